The molecule has 0 saturated carbocycles. The van der Waals surface area contributed by atoms with Crippen molar-refractivity contribution in [1.29, 1.82) is 10.5 Å². The first kappa shape index (κ1) is 20.6. The Morgan fingerprint density at radius 3 is 1.62 bits per heavy atom. The van der Waals surface area contributed by atoms with Gasteiger partial charge < -0.3 is 5.73 Å². The molecule has 3 nitrogen and oxygen atoms in total. The Labute approximate surface area is 186 Å². The molecule has 32 heavy (non-hydrogen) atoms. The van der Waals surface area contributed by atoms with Crippen molar-refractivity contribution in [3.05, 3.63) is 113 Å². The fourth-order valence-corrected chi connectivity index (χ4v) is 3.56. The maximum Gasteiger partial charge on any atom is 0.123 e. The fraction of sp³-hybridized carbons (Fsp3) is 0. The van der Waals surface area contributed by atoms with Gasteiger partial charge >= 0.3 is 0 Å². The molecule has 0 unspecified atom stereocenters. The van der Waals surface area contributed by atoms with Crippen LogP contribution in [-0.4, -0.2) is 0 Å². The molecule has 4 heteroatoms. The Kier molecular flexibility index (Phi) is 5.79. The van der Waals surface area contributed by atoms with Crippen molar-refractivity contribution in [2.75, 3.05) is 5.73 Å². The van der Waals surface area contributed by atoms with Crippen LogP contribution >= 0.6 is 0 Å². The standard InChI is InChI=1S/C28H18FN3/c29-23-14-10-20(11-15-23)7-6-19-8-12-22(13-9-19)25-16-24(21-4-2-1-3-5-21)26(17-30)28(32)27(25)18-31/h1-16H,32H2/b7-6+. The van der Waals surface area contributed by atoms with E-state index in [1.165, 1.54) is 12.1 Å². The second kappa shape index (κ2) is 9.00. The van der Waals surface area contributed by atoms with E-state index < -0.39 is 0 Å². The van der Waals surface area contributed by atoms with Crippen molar-refractivity contribution in [2.45, 2.75) is 0 Å². The molecular formula is C28H18FN3. The summed E-state index contributed by atoms with van der Waals surface area (Å²) in [6, 6.07) is 29.7. The lowest BCUT2D eigenvalue weighted by Gasteiger charge is -2.14. The van der Waals surface area contributed by atoms with Crippen molar-refractivity contribution in [3.63, 3.8) is 0 Å². The number of nitrogen functional groups attached to an aromatic ring is 1. The zero-order chi connectivity index (χ0) is 22.5. The summed E-state index contributed by atoms with van der Waals surface area (Å²) in [6.07, 6.45) is 3.84. The van der Waals surface area contributed by atoms with Gasteiger partial charge in [-0.05, 0) is 40.5 Å². The average molecular weight is 415 g/mol. The van der Waals surface area contributed by atoms with Crippen LogP contribution in [0.4, 0.5) is 10.1 Å². The molecule has 4 aromatic carbocycles. The van der Waals surface area contributed by atoms with Crippen LogP contribution in [0.1, 0.15) is 22.3 Å². The van der Waals surface area contributed by atoms with Gasteiger partial charge in [-0.25, -0.2) is 4.39 Å². The molecular weight excluding hydrogens is 397 g/mol. The van der Waals surface area contributed by atoms with Gasteiger partial charge in [0.25, 0.3) is 0 Å². The molecule has 4 aromatic rings. The van der Waals surface area contributed by atoms with Crippen molar-refractivity contribution in [1.82, 2.24) is 0 Å². The van der Waals surface area contributed by atoms with Crippen molar-refractivity contribution in [2.24, 2.45) is 0 Å². The third kappa shape index (κ3) is 4.12. The lowest BCUT2D eigenvalue weighted by Crippen LogP contribution is -2.00. The summed E-state index contributed by atoms with van der Waals surface area (Å²) in [5.41, 5.74) is 11.9. The Morgan fingerprint density at radius 1 is 0.656 bits per heavy atom. The predicted octanol–water partition coefficient (Wildman–Crippen LogP) is 6.66. The van der Waals surface area contributed by atoms with Crippen LogP contribution in [-0.2, 0) is 0 Å². The molecule has 0 fully saturated rings. The summed E-state index contributed by atoms with van der Waals surface area (Å²) in [5, 5.41) is 19.4. The molecule has 152 valence electrons. The van der Waals surface area contributed by atoms with E-state index in [4.69, 9.17) is 5.73 Å². The lowest BCUT2D eigenvalue weighted by molar-refractivity contribution is 0.628. The molecule has 0 aliphatic carbocycles. The number of rotatable bonds is 4. The van der Waals surface area contributed by atoms with Gasteiger partial charge in [-0.3, -0.25) is 0 Å². The van der Waals surface area contributed by atoms with Gasteiger partial charge in [0, 0.05) is 11.1 Å². The van der Waals surface area contributed by atoms with E-state index in [0.29, 0.717) is 16.7 Å². The molecule has 0 heterocycles. The van der Waals surface area contributed by atoms with Gasteiger partial charge in [0.15, 0.2) is 0 Å². The highest BCUT2D eigenvalue weighted by molar-refractivity contribution is 5.89. The summed E-state index contributed by atoms with van der Waals surface area (Å²) in [6.45, 7) is 0. The van der Waals surface area contributed by atoms with Gasteiger partial charge in [0.2, 0.25) is 0 Å². The van der Waals surface area contributed by atoms with Crippen LogP contribution in [0.15, 0.2) is 84.9 Å². The van der Waals surface area contributed by atoms with E-state index in [2.05, 4.69) is 12.1 Å². The molecule has 0 aromatic heterocycles. The maximum atomic E-state index is 13.1. The van der Waals surface area contributed by atoms with Crippen LogP contribution in [0.2, 0.25) is 0 Å². The van der Waals surface area contributed by atoms with Crippen LogP contribution in [0.25, 0.3) is 34.4 Å². The molecule has 0 saturated heterocycles. The number of hydrogen-bond acceptors (Lipinski definition) is 3. The summed E-state index contributed by atoms with van der Waals surface area (Å²) in [5.74, 6) is -0.267. The van der Waals surface area contributed by atoms with E-state index in [1.54, 1.807) is 12.1 Å². The Balaban J connectivity index is 1.74. The number of anilines is 1. The summed E-state index contributed by atoms with van der Waals surface area (Å²) in [7, 11) is 0. The third-order valence-electron chi connectivity index (χ3n) is 5.23. The monoisotopic (exact) mass is 415 g/mol. The second-order valence-electron chi connectivity index (χ2n) is 7.23. The Morgan fingerprint density at radius 2 is 1.12 bits per heavy atom. The zero-order valence-corrected chi connectivity index (χ0v) is 17.1. The smallest absolute Gasteiger partial charge is 0.123 e. The largest absolute Gasteiger partial charge is 0.397 e. The van der Waals surface area contributed by atoms with E-state index in [0.717, 1.165) is 22.3 Å². The highest BCUT2D eigenvalue weighted by Crippen LogP contribution is 2.37. The highest BCUT2D eigenvalue weighted by Gasteiger charge is 2.18. The molecule has 0 bridgehead atoms. The van der Waals surface area contributed by atoms with E-state index in [-0.39, 0.29) is 17.1 Å². The summed E-state index contributed by atoms with van der Waals surface area (Å²) in [4.78, 5) is 0. The lowest BCUT2D eigenvalue weighted by atomic mass is 9.89. The Bertz CT molecular complexity index is 1370. The second-order valence-corrected chi connectivity index (χ2v) is 7.23. The van der Waals surface area contributed by atoms with Crippen LogP contribution in [0, 0.1) is 28.5 Å². The molecule has 0 radical (unpaired) electrons. The quantitative estimate of drug-likeness (QED) is 0.299. The first-order valence-electron chi connectivity index (χ1n) is 9.97. The van der Waals surface area contributed by atoms with E-state index >= 15 is 0 Å². The number of nitrogens with two attached hydrogens (primary N) is 1. The van der Waals surface area contributed by atoms with Gasteiger partial charge in [-0.15, -0.1) is 0 Å². The number of hydrogen-bond donors (Lipinski definition) is 1. The van der Waals surface area contributed by atoms with Gasteiger partial charge in [0.05, 0.1) is 16.8 Å². The molecule has 0 amide bonds. The van der Waals surface area contributed by atoms with E-state index in [9.17, 15) is 14.9 Å². The Hall–Kier alpha value is -4.67. The number of nitrogens with zero attached hydrogens (tertiary/aromatic N) is 2. The first-order chi connectivity index (χ1) is 15.6. The molecule has 0 atom stereocenters. The number of halogens is 1. The zero-order valence-electron chi connectivity index (χ0n) is 17.1. The van der Waals surface area contributed by atoms with Crippen molar-refractivity contribution in [3.8, 4) is 34.4 Å². The molecule has 0 aliphatic rings. The summed E-state index contributed by atoms with van der Waals surface area (Å²) < 4.78 is 13.1. The normalized spacial score (nSPS) is 10.6. The van der Waals surface area contributed by atoms with Gasteiger partial charge in [0.1, 0.15) is 18.0 Å². The van der Waals surface area contributed by atoms with Gasteiger partial charge in [-0.1, -0.05) is 78.9 Å². The van der Waals surface area contributed by atoms with Crippen LogP contribution < -0.4 is 5.73 Å². The minimum Gasteiger partial charge on any atom is -0.397 e. The molecule has 0 spiro atoms. The SMILES string of the molecule is N#Cc1c(-c2ccccc2)cc(-c2ccc(/C=C/c3ccc(F)cc3)cc2)c(C#N)c1N. The minimum absolute atomic E-state index is 0.187. The van der Waals surface area contributed by atoms with Crippen LogP contribution in [0.5, 0.6) is 0 Å². The summed E-state index contributed by atoms with van der Waals surface area (Å²) >= 11 is 0. The topological polar surface area (TPSA) is 73.6 Å². The number of nitriles is 2. The molecule has 0 aliphatic heterocycles. The molecule has 4 rings (SSSR count). The first-order valence-corrected chi connectivity index (χ1v) is 9.97. The minimum atomic E-state index is -0.267. The number of benzene rings is 4. The average Bonchev–Trinajstić information content (AvgIpc) is 2.84. The highest BCUT2D eigenvalue weighted by atomic mass is 19.1. The van der Waals surface area contributed by atoms with Crippen LogP contribution in [0.3, 0.4) is 0 Å². The van der Waals surface area contributed by atoms with E-state index in [1.807, 2.05) is 72.8 Å². The van der Waals surface area contributed by atoms with Crippen molar-refractivity contribution >= 4 is 17.8 Å². The predicted molar refractivity (Wildman–Crippen MR) is 126 cm³/mol. The third-order valence-corrected chi connectivity index (χ3v) is 5.23. The fourth-order valence-electron chi connectivity index (χ4n) is 3.56. The maximum absolute atomic E-state index is 13.1. The van der Waals surface area contributed by atoms with Crippen molar-refractivity contribution < 1.29 is 4.39 Å². The molecule has 2 N–H and O–H groups in total. The van der Waals surface area contributed by atoms with Gasteiger partial charge in [-0.2, -0.15) is 10.5 Å².